The van der Waals surface area contributed by atoms with Crippen LogP contribution in [0.4, 0.5) is 0 Å². The van der Waals surface area contributed by atoms with Gasteiger partial charge in [-0.3, -0.25) is 0 Å². The van der Waals surface area contributed by atoms with Crippen molar-refractivity contribution in [3.05, 3.63) is 59.7 Å². The number of halogens is 1. The van der Waals surface area contributed by atoms with Crippen LogP contribution in [0.25, 0.3) is 0 Å². The van der Waals surface area contributed by atoms with E-state index in [1.807, 2.05) is 18.2 Å². The molecule has 3 heteroatoms. The lowest BCUT2D eigenvalue weighted by Gasteiger charge is -2.31. The Labute approximate surface area is 135 Å². The number of benzene rings is 2. The first-order valence-corrected chi connectivity index (χ1v) is 7.83. The highest BCUT2D eigenvalue weighted by Crippen LogP contribution is 2.44. The topological polar surface area (TPSA) is 18.5 Å². The molecule has 0 aliphatic carbocycles. The van der Waals surface area contributed by atoms with Crippen LogP contribution in [-0.4, -0.2) is 14.2 Å². The summed E-state index contributed by atoms with van der Waals surface area (Å²) >= 11 is 3.86. The first-order chi connectivity index (χ1) is 10.0. The fourth-order valence-corrected chi connectivity index (χ4v) is 2.99. The van der Waals surface area contributed by atoms with E-state index in [1.165, 1.54) is 11.1 Å². The monoisotopic (exact) mass is 348 g/mol. The van der Waals surface area contributed by atoms with Gasteiger partial charge in [-0.2, -0.15) is 0 Å². The van der Waals surface area contributed by atoms with E-state index in [0.717, 1.165) is 11.5 Å². The fourth-order valence-electron chi connectivity index (χ4n) is 2.44. The van der Waals surface area contributed by atoms with Crippen molar-refractivity contribution < 1.29 is 9.47 Å². The Hall–Kier alpha value is -1.48. The number of methoxy groups -OCH3 is 2. The van der Waals surface area contributed by atoms with E-state index >= 15 is 0 Å². The Morgan fingerprint density at radius 3 is 2.10 bits per heavy atom. The SMILES string of the molecule is COc1ccc(C(Br)C(C)(C)c2ccccc2)cc1OC. The van der Waals surface area contributed by atoms with Gasteiger partial charge in [0.1, 0.15) is 0 Å². The van der Waals surface area contributed by atoms with Gasteiger partial charge in [0.25, 0.3) is 0 Å². The lowest BCUT2D eigenvalue weighted by molar-refractivity contribution is 0.354. The van der Waals surface area contributed by atoms with Crippen molar-refractivity contribution in [2.24, 2.45) is 0 Å². The molecule has 0 N–H and O–H groups in total. The Bertz CT molecular complexity index is 593. The van der Waals surface area contributed by atoms with Gasteiger partial charge in [0.2, 0.25) is 0 Å². The molecule has 1 atom stereocenters. The van der Waals surface area contributed by atoms with Gasteiger partial charge in [0, 0.05) is 10.2 Å². The average Bonchev–Trinajstić information content (AvgIpc) is 2.54. The average molecular weight is 349 g/mol. The van der Waals surface area contributed by atoms with E-state index < -0.39 is 0 Å². The summed E-state index contributed by atoms with van der Waals surface area (Å²) in [5, 5.41) is 0. The van der Waals surface area contributed by atoms with Gasteiger partial charge in [0.15, 0.2) is 11.5 Å². The third-order valence-corrected chi connectivity index (χ3v) is 5.52. The molecule has 0 amide bonds. The van der Waals surface area contributed by atoms with Crippen LogP contribution in [0.1, 0.15) is 29.8 Å². The molecule has 0 heterocycles. The molecule has 0 bridgehead atoms. The molecule has 2 rings (SSSR count). The van der Waals surface area contributed by atoms with Crippen LogP contribution in [0.3, 0.4) is 0 Å². The van der Waals surface area contributed by atoms with E-state index in [-0.39, 0.29) is 10.2 Å². The summed E-state index contributed by atoms with van der Waals surface area (Å²) in [5.41, 5.74) is 2.42. The summed E-state index contributed by atoms with van der Waals surface area (Å²) in [6.07, 6.45) is 0. The highest BCUT2D eigenvalue weighted by Gasteiger charge is 2.31. The molecule has 0 saturated carbocycles. The zero-order valence-corrected chi connectivity index (χ0v) is 14.5. The molecule has 2 aromatic rings. The third-order valence-electron chi connectivity index (χ3n) is 3.85. The second kappa shape index (κ2) is 6.52. The summed E-state index contributed by atoms with van der Waals surface area (Å²) in [7, 11) is 3.31. The van der Waals surface area contributed by atoms with Crippen molar-refractivity contribution >= 4 is 15.9 Å². The summed E-state index contributed by atoms with van der Waals surface area (Å²) < 4.78 is 10.7. The highest BCUT2D eigenvalue weighted by atomic mass is 79.9. The van der Waals surface area contributed by atoms with Crippen LogP contribution in [0.2, 0.25) is 0 Å². The Kier molecular flexibility index (Phi) is 4.94. The first-order valence-electron chi connectivity index (χ1n) is 6.92. The zero-order valence-electron chi connectivity index (χ0n) is 12.9. The Morgan fingerprint density at radius 2 is 1.52 bits per heavy atom. The molecule has 112 valence electrons. The zero-order chi connectivity index (χ0) is 15.5. The van der Waals surface area contributed by atoms with Gasteiger partial charge in [-0.25, -0.2) is 0 Å². The second-order valence-corrected chi connectivity index (χ2v) is 6.48. The van der Waals surface area contributed by atoms with E-state index in [4.69, 9.17) is 9.47 Å². The molecule has 2 aromatic carbocycles. The lowest BCUT2D eigenvalue weighted by Crippen LogP contribution is -2.23. The Balaban J connectivity index is 2.37. The van der Waals surface area contributed by atoms with Gasteiger partial charge >= 0.3 is 0 Å². The highest BCUT2D eigenvalue weighted by molar-refractivity contribution is 9.09. The maximum absolute atomic E-state index is 5.40. The van der Waals surface area contributed by atoms with Crippen molar-refractivity contribution in [3.63, 3.8) is 0 Å². The molecule has 1 unspecified atom stereocenters. The molecule has 0 radical (unpaired) electrons. The van der Waals surface area contributed by atoms with E-state index in [2.05, 4.69) is 60.1 Å². The van der Waals surface area contributed by atoms with Crippen molar-refractivity contribution in [2.75, 3.05) is 14.2 Å². The molecule has 0 aliphatic heterocycles. The van der Waals surface area contributed by atoms with Crippen molar-refractivity contribution in [1.29, 1.82) is 0 Å². The normalized spacial score (nSPS) is 12.8. The van der Waals surface area contributed by atoms with E-state index in [1.54, 1.807) is 14.2 Å². The second-order valence-electron chi connectivity index (χ2n) is 5.56. The fraction of sp³-hybridized carbons (Fsp3) is 0.333. The van der Waals surface area contributed by atoms with Crippen molar-refractivity contribution in [1.82, 2.24) is 0 Å². The lowest BCUT2D eigenvalue weighted by atomic mass is 9.79. The molecule has 0 saturated heterocycles. The maximum atomic E-state index is 5.40. The van der Waals surface area contributed by atoms with Crippen LogP contribution < -0.4 is 9.47 Å². The summed E-state index contributed by atoms with van der Waals surface area (Å²) in [6, 6.07) is 16.6. The number of hydrogen-bond donors (Lipinski definition) is 0. The number of hydrogen-bond acceptors (Lipinski definition) is 2. The minimum atomic E-state index is -0.0408. The van der Waals surface area contributed by atoms with Gasteiger partial charge in [-0.15, -0.1) is 0 Å². The maximum Gasteiger partial charge on any atom is 0.161 e. The van der Waals surface area contributed by atoms with Gasteiger partial charge in [0.05, 0.1) is 14.2 Å². The van der Waals surface area contributed by atoms with Crippen molar-refractivity contribution in [2.45, 2.75) is 24.1 Å². The molecule has 2 nitrogen and oxygen atoms in total. The van der Waals surface area contributed by atoms with Crippen LogP contribution in [0.5, 0.6) is 11.5 Å². The van der Waals surface area contributed by atoms with E-state index in [9.17, 15) is 0 Å². The van der Waals surface area contributed by atoms with Crippen LogP contribution in [-0.2, 0) is 5.41 Å². The molecule has 0 aliphatic rings. The molecule has 0 fully saturated rings. The summed E-state index contributed by atoms with van der Waals surface area (Å²) in [5.74, 6) is 1.50. The summed E-state index contributed by atoms with van der Waals surface area (Å²) in [4.78, 5) is 0.173. The molecule has 21 heavy (non-hydrogen) atoms. The number of rotatable bonds is 5. The van der Waals surface area contributed by atoms with Gasteiger partial charge < -0.3 is 9.47 Å². The summed E-state index contributed by atoms with van der Waals surface area (Å²) in [6.45, 7) is 4.47. The van der Waals surface area contributed by atoms with E-state index in [0.29, 0.717) is 0 Å². The smallest absolute Gasteiger partial charge is 0.161 e. The quantitative estimate of drug-likeness (QED) is 0.698. The van der Waals surface area contributed by atoms with Crippen LogP contribution in [0.15, 0.2) is 48.5 Å². The molecule has 0 spiro atoms. The number of ether oxygens (including phenoxy) is 2. The molecule has 0 aromatic heterocycles. The van der Waals surface area contributed by atoms with Crippen molar-refractivity contribution in [3.8, 4) is 11.5 Å². The van der Waals surface area contributed by atoms with Crippen LogP contribution >= 0.6 is 15.9 Å². The first kappa shape index (κ1) is 15.9. The van der Waals surface area contributed by atoms with Gasteiger partial charge in [-0.1, -0.05) is 66.2 Å². The minimum Gasteiger partial charge on any atom is -0.493 e. The molecular formula is C18H21BrO2. The largest absolute Gasteiger partial charge is 0.493 e. The Morgan fingerprint density at radius 1 is 0.905 bits per heavy atom. The predicted molar refractivity (Wildman–Crippen MR) is 90.7 cm³/mol. The third kappa shape index (κ3) is 3.24. The molecular weight excluding hydrogens is 328 g/mol. The standard InChI is InChI=1S/C18H21BrO2/c1-18(2,14-8-6-5-7-9-14)17(19)13-10-11-15(20-3)16(12-13)21-4/h5-12,17H,1-4H3. The minimum absolute atomic E-state index is 0.0408. The number of alkyl halides is 1. The van der Waals surface area contributed by atoms with Crippen LogP contribution in [0, 0.1) is 0 Å². The predicted octanol–water partition coefficient (Wildman–Crippen LogP) is 5.12. The van der Waals surface area contributed by atoms with Gasteiger partial charge in [-0.05, 0) is 23.3 Å².